The Morgan fingerprint density at radius 3 is 2.26 bits per heavy atom. The first-order valence-electron chi connectivity index (χ1n) is 5.88. The van der Waals surface area contributed by atoms with Crippen LogP contribution >= 0.6 is 23.2 Å². The van der Waals surface area contributed by atoms with Crippen LogP contribution in [0.25, 0.3) is 0 Å². The third-order valence-electron chi connectivity index (χ3n) is 3.12. The van der Waals surface area contributed by atoms with Gasteiger partial charge in [0.2, 0.25) is 0 Å². The zero-order valence-electron chi connectivity index (χ0n) is 10.8. The molecule has 0 heterocycles. The van der Waals surface area contributed by atoms with Crippen molar-refractivity contribution in [3.05, 3.63) is 63.1 Å². The molecule has 2 nitrogen and oxygen atoms in total. The van der Waals surface area contributed by atoms with Gasteiger partial charge in [0.05, 0.1) is 13.2 Å². The van der Waals surface area contributed by atoms with E-state index >= 15 is 0 Å². The maximum Gasteiger partial charge on any atom is 0.119 e. The molecule has 0 aromatic heterocycles. The van der Waals surface area contributed by atoms with E-state index in [1.165, 1.54) is 0 Å². The van der Waals surface area contributed by atoms with Gasteiger partial charge in [-0.2, -0.15) is 0 Å². The Morgan fingerprint density at radius 1 is 1.11 bits per heavy atom. The molecule has 2 rings (SSSR count). The van der Waals surface area contributed by atoms with E-state index in [1.54, 1.807) is 19.2 Å². The molecule has 0 aliphatic carbocycles. The van der Waals surface area contributed by atoms with Crippen molar-refractivity contribution >= 4 is 23.2 Å². The number of aryl methyl sites for hydroxylation is 1. The van der Waals surface area contributed by atoms with Gasteiger partial charge in [-0.25, -0.2) is 0 Å². The summed E-state index contributed by atoms with van der Waals surface area (Å²) < 4.78 is 5.19. The first kappa shape index (κ1) is 14.2. The molecule has 0 amide bonds. The summed E-state index contributed by atoms with van der Waals surface area (Å²) in [6.45, 7) is 1.99. The molecule has 0 aliphatic rings. The van der Waals surface area contributed by atoms with Gasteiger partial charge in [-0.1, -0.05) is 35.3 Å². The van der Waals surface area contributed by atoms with E-state index in [9.17, 15) is 0 Å². The molecule has 19 heavy (non-hydrogen) atoms. The van der Waals surface area contributed by atoms with E-state index in [4.69, 9.17) is 33.7 Å². The summed E-state index contributed by atoms with van der Waals surface area (Å²) >= 11 is 12.4. The van der Waals surface area contributed by atoms with Gasteiger partial charge in [-0.15, -0.1) is 0 Å². The first-order valence-corrected chi connectivity index (χ1v) is 6.64. The van der Waals surface area contributed by atoms with Gasteiger partial charge >= 0.3 is 0 Å². The van der Waals surface area contributed by atoms with Crippen molar-refractivity contribution in [2.45, 2.75) is 13.0 Å². The molecule has 2 aromatic rings. The Morgan fingerprint density at radius 2 is 1.74 bits per heavy atom. The summed E-state index contributed by atoms with van der Waals surface area (Å²) in [7, 11) is 1.64. The lowest BCUT2D eigenvalue weighted by molar-refractivity contribution is 0.414. The van der Waals surface area contributed by atoms with Gasteiger partial charge in [0.15, 0.2) is 0 Å². The molecule has 0 radical (unpaired) electrons. The highest BCUT2D eigenvalue weighted by atomic mass is 35.5. The lowest BCUT2D eigenvalue weighted by atomic mass is 9.95. The third-order valence-corrected chi connectivity index (χ3v) is 3.78. The lowest BCUT2D eigenvalue weighted by Gasteiger charge is -2.18. The molecular weight excluding hydrogens is 281 g/mol. The number of hydrogen-bond donors (Lipinski definition) is 1. The number of nitrogens with two attached hydrogens (primary N) is 1. The predicted molar refractivity (Wildman–Crippen MR) is 80.2 cm³/mol. The monoisotopic (exact) mass is 295 g/mol. The third kappa shape index (κ3) is 2.86. The quantitative estimate of drug-likeness (QED) is 0.913. The molecule has 2 aromatic carbocycles. The van der Waals surface area contributed by atoms with Crippen LogP contribution in [0.15, 0.2) is 36.4 Å². The highest BCUT2D eigenvalue weighted by Gasteiger charge is 2.17. The van der Waals surface area contributed by atoms with E-state index in [2.05, 4.69) is 0 Å². The molecule has 0 spiro atoms. The average Bonchev–Trinajstić information content (AvgIpc) is 2.38. The van der Waals surface area contributed by atoms with Crippen molar-refractivity contribution in [2.24, 2.45) is 5.73 Å². The standard InChI is InChI=1S/C15H15Cl2NO/c1-9-8-10(19-2)6-7-11(9)15(18)14-12(16)4-3-5-13(14)17/h3-8,15H,18H2,1-2H3. The number of benzene rings is 2. The highest BCUT2D eigenvalue weighted by Crippen LogP contribution is 2.34. The van der Waals surface area contributed by atoms with E-state index in [-0.39, 0.29) is 6.04 Å². The van der Waals surface area contributed by atoms with Crippen molar-refractivity contribution in [1.82, 2.24) is 0 Å². The minimum absolute atomic E-state index is 0.355. The number of methoxy groups -OCH3 is 1. The maximum absolute atomic E-state index is 6.30. The number of halogens is 2. The van der Waals surface area contributed by atoms with Crippen LogP contribution in [0.1, 0.15) is 22.7 Å². The Labute approximate surface area is 123 Å². The number of rotatable bonds is 3. The molecule has 0 saturated carbocycles. The minimum atomic E-state index is -0.355. The zero-order valence-corrected chi connectivity index (χ0v) is 12.3. The fourth-order valence-electron chi connectivity index (χ4n) is 2.09. The van der Waals surface area contributed by atoms with Crippen molar-refractivity contribution in [3.8, 4) is 5.75 Å². The van der Waals surface area contributed by atoms with Gasteiger partial charge in [0, 0.05) is 15.6 Å². The molecule has 0 fully saturated rings. The van der Waals surface area contributed by atoms with Crippen LogP contribution in [0.4, 0.5) is 0 Å². The Kier molecular flexibility index (Phi) is 4.35. The summed E-state index contributed by atoms with van der Waals surface area (Å²) in [6, 6.07) is 10.8. The van der Waals surface area contributed by atoms with Crippen LogP contribution in [0.5, 0.6) is 5.75 Å². The number of hydrogen-bond acceptors (Lipinski definition) is 2. The van der Waals surface area contributed by atoms with Crippen LogP contribution < -0.4 is 10.5 Å². The van der Waals surface area contributed by atoms with E-state index in [1.807, 2.05) is 31.2 Å². The second kappa shape index (κ2) is 5.83. The van der Waals surface area contributed by atoms with Crippen LogP contribution in [-0.2, 0) is 0 Å². The van der Waals surface area contributed by atoms with Gasteiger partial charge < -0.3 is 10.5 Å². The maximum atomic E-state index is 6.30. The normalized spacial score (nSPS) is 12.3. The lowest BCUT2D eigenvalue weighted by Crippen LogP contribution is -2.14. The minimum Gasteiger partial charge on any atom is -0.497 e. The van der Waals surface area contributed by atoms with Gasteiger partial charge in [0.25, 0.3) is 0 Å². The van der Waals surface area contributed by atoms with Crippen LogP contribution in [0, 0.1) is 6.92 Å². The van der Waals surface area contributed by atoms with E-state index in [0.717, 1.165) is 22.4 Å². The molecule has 0 bridgehead atoms. The fourth-order valence-corrected chi connectivity index (χ4v) is 2.72. The summed E-state index contributed by atoms with van der Waals surface area (Å²) in [4.78, 5) is 0. The zero-order chi connectivity index (χ0) is 14.0. The van der Waals surface area contributed by atoms with Gasteiger partial charge in [0.1, 0.15) is 5.75 Å². The van der Waals surface area contributed by atoms with Crippen molar-refractivity contribution in [3.63, 3.8) is 0 Å². The predicted octanol–water partition coefficient (Wildman–Crippen LogP) is 4.36. The topological polar surface area (TPSA) is 35.2 Å². The second-order valence-corrected chi connectivity index (χ2v) is 5.15. The smallest absolute Gasteiger partial charge is 0.119 e. The van der Waals surface area contributed by atoms with Crippen molar-refractivity contribution < 1.29 is 4.74 Å². The van der Waals surface area contributed by atoms with Gasteiger partial charge in [-0.3, -0.25) is 0 Å². The van der Waals surface area contributed by atoms with Crippen LogP contribution in [0.2, 0.25) is 10.0 Å². The van der Waals surface area contributed by atoms with Crippen LogP contribution in [0.3, 0.4) is 0 Å². The van der Waals surface area contributed by atoms with E-state index in [0.29, 0.717) is 10.0 Å². The molecule has 4 heteroatoms. The second-order valence-electron chi connectivity index (χ2n) is 4.34. The highest BCUT2D eigenvalue weighted by molar-refractivity contribution is 6.36. The molecule has 0 aliphatic heterocycles. The molecular formula is C15H15Cl2NO. The SMILES string of the molecule is COc1ccc(C(N)c2c(Cl)cccc2Cl)c(C)c1. The largest absolute Gasteiger partial charge is 0.497 e. The molecule has 1 atom stereocenters. The Balaban J connectivity index is 2.47. The van der Waals surface area contributed by atoms with Crippen LogP contribution in [-0.4, -0.2) is 7.11 Å². The molecule has 1 unspecified atom stereocenters. The summed E-state index contributed by atoms with van der Waals surface area (Å²) in [5, 5.41) is 1.16. The molecule has 2 N–H and O–H groups in total. The first-order chi connectivity index (χ1) is 9.04. The van der Waals surface area contributed by atoms with Crippen molar-refractivity contribution in [2.75, 3.05) is 7.11 Å². The summed E-state index contributed by atoms with van der Waals surface area (Å²) in [5.41, 5.74) is 9.08. The number of ether oxygens (including phenoxy) is 1. The van der Waals surface area contributed by atoms with Crippen molar-refractivity contribution in [1.29, 1.82) is 0 Å². The van der Waals surface area contributed by atoms with Gasteiger partial charge in [-0.05, 0) is 42.3 Å². The molecule has 0 saturated heterocycles. The Bertz CT molecular complexity index is 578. The summed E-state index contributed by atoms with van der Waals surface area (Å²) in [5.74, 6) is 0.804. The molecule has 100 valence electrons. The average molecular weight is 296 g/mol. The van der Waals surface area contributed by atoms with E-state index < -0.39 is 0 Å². The fraction of sp³-hybridized carbons (Fsp3) is 0.200. The Hall–Kier alpha value is -1.22. The summed E-state index contributed by atoms with van der Waals surface area (Å²) in [6.07, 6.45) is 0.